The molecule has 9 heteroatoms. The number of carbonyl (C=O) groups excluding carboxylic acids is 2. The Labute approximate surface area is 225 Å². The van der Waals surface area contributed by atoms with Crippen molar-refractivity contribution >= 4 is 34.4 Å². The molecule has 0 radical (unpaired) electrons. The summed E-state index contributed by atoms with van der Waals surface area (Å²) in [6, 6.07) is 4.95. The van der Waals surface area contributed by atoms with Crippen molar-refractivity contribution in [1.29, 1.82) is 0 Å². The van der Waals surface area contributed by atoms with E-state index >= 15 is 4.39 Å². The number of rotatable bonds is 6. The monoisotopic (exact) mass is 530 g/mol. The molecule has 2 atom stereocenters. The summed E-state index contributed by atoms with van der Waals surface area (Å²) in [4.78, 5) is 46.9. The van der Waals surface area contributed by atoms with Gasteiger partial charge in [0.2, 0.25) is 11.3 Å². The fourth-order valence-corrected chi connectivity index (χ4v) is 6.24. The van der Waals surface area contributed by atoms with Gasteiger partial charge in [0, 0.05) is 51.2 Å². The van der Waals surface area contributed by atoms with Crippen LogP contribution in [0.3, 0.4) is 0 Å². The van der Waals surface area contributed by atoms with E-state index in [0.29, 0.717) is 30.0 Å². The van der Waals surface area contributed by atoms with Gasteiger partial charge in [-0.15, -0.1) is 0 Å². The molecule has 3 aromatic rings. The Morgan fingerprint density at radius 3 is 2.72 bits per heavy atom. The molecule has 4 heterocycles. The van der Waals surface area contributed by atoms with Crippen molar-refractivity contribution in [2.45, 2.75) is 44.7 Å². The average Bonchev–Trinajstić information content (AvgIpc) is 3.69. The Bertz CT molecular complexity index is 1550. The van der Waals surface area contributed by atoms with Crippen molar-refractivity contribution in [2.75, 3.05) is 31.6 Å². The number of hydrogen-bond acceptors (Lipinski definition) is 6. The van der Waals surface area contributed by atoms with E-state index in [0.717, 1.165) is 37.8 Å². The highest BCUT2D eigenvalue weighted by Crippen LogP contribution is 2.45. The third kappa shape index (κ3) is 4.49. The third-order valence-electron chi connectivity index (χ3n) is 8.22. The summed E-state index contributed by atoms with van der Waals surface area (Å²) in [6.07, 6.45) is 11.5. The van der Waals surface area contributed by atoms with E-state index in [1.165, 1.54) is 19.3 Å². The van der Waals surface area contributed by atoms with Crippen LogP contribution in [0.2, 0.25) is 0 Å². The predicted molar refractivity (Wildman–Crippen MR) is 147 cm³/mol. The second-order valence-corrected chi connectivity index (χ2v) is 10.7. The molecule has 0 N–H and O–H groups in total. The number of amides is 1. The first-order chi connectivity index (χ1) is 18.9. The number of hydrogen-bond donors (Lipinski definition) is 0. The number of halogens is 1. The molecule has 3 fully saturated rings. The van der Waals surface area contributed by atoms with E-state index in [-0.39, 0.29) is 34.9 Å². The first-order valence-corrected chi connectivity index (χ1v) is 13.5. The van der Waals surface area contributed by atoms with E-state index in [1.807, 2.05) is 20.4 Å². The van der Waals surface area contributed by atoms with Gasteiger partial charge < -0.3 is 19.1 Å². The van der Waals surface area contributed by atoms with Gasteiger partial charge in [0.15, 0.2) is 17.3 Å². The minimum atomic E-state index is -0.567. The van der Waals surface area contributed by atoms with Gasteiger partial charge in [0.05, 0.1) is 29.6 Å². The number of anilines is 1. The van der Waals surface area contributed by atoms with E-state index in [4.69, 9.17) is 4.74 Å². The van der Waals surface area contributed by atoms with Gasteiger partial charge in [-0.3, -0.25) is 19.4 Å². The van der Waals surface area contributed by atoms with Crippen molar-refractivity contribution in [2.24, 2.45) is 5.92 Å². The Morgan fingerprint density at radius 2 is 2.03 bits per heavy atom. The van der Waals surface area contributed by atoms with Gasteiger partial charge in [-0.05, 0) is 61.4 Å². The van der Waals surface area contributed by atoms with Crippen LogP contribution in [0, 0.1) is 11.7 Å². The number of ether oxygens (including phenoxy) is 1. The number of pyridine rings is 2. The highest BCUT2D eigenvalue weighted by Gasteiger charge is 2.42. The fraction of sp³-hybridized carbons (Fsp3) is 0.400. The van der Waals surface area contributed by atoms with Crippen molar-refractivity contribution in [3.05, 3.63) is 70.0 Å². The van der Waals surface area contributed by atoms with Crippen LogP contribution >= 0.6 is 0 Å². The number of methoxy groups -OCH3 is 1. The zero-order valence-electron chi connectivity index (χ0n) is 22.1. The lowest BCUT2D eigenvalue weighted by molar-refractivity contribution is -0.132. The van der Waals surface area contributed by atoms with Crippen LogP contribution in [0.5, 0.6) is 5.75 Å². The molecule has 1 aromatic carbocycles. The molecule has 2 unspecified atom stereocenters. The topological polar surface area (TPSA) is 84.7 Å². The lowest BCUT2D eigenvalue weighted by Gasteiger charge is -2.36. The number of piperidine rings is 1. The molecule has 6 rings (SSSR count). The average molecular weight is 531 g/mol. The SMILES string of the molecule is COc1c(N2CC3CCCN(C(C)=O)C3C2)c(F)cc2c(=O)c(C(=O)C=Cc3cccnc3)cn(C3CC3)c12. The lowest BCUT2D eigenvalue weighted by atomic mass is 9.92. The fourth-order valence-electron chi connectivity index (χ4n) is 6.24. The van der Waals surface area contributed by atoms with Crippen molar-refractivity contribution < 1.29 is 18.7 Å². The Morgan fingerprint density at radius 1 is 1.21 bits per heavy atom. The summed E-state index contributed by atoms with van der Waals surface area (Å²) in [6.45, 7) is 3.42. The van der Waals surface area contributed by atoms with E-state index < -0.39 is 17.0 Å². The molecule has 3 aliphatic rings. The van der Waals surface area contributed by atoms with Crippen LogP contribution in [0.4, 0.5) is 10.1 Å². The summed E-state index contributed by atoms with van der Waals surface area (Å²) in [5, 5.41) is 0.127. The second-order valence-electron chi connectivity index (χ2n) is 10.7. The minimum Gasteiger partial charge on any atom is -0.492 e. The summed E-state index contributed by atoms with van der Waals surface area (Å²) < 4.78 is 23.7. The van der Waals surface area contributed by atoms with Gasteiger partial charge in [-0.25, -0.2) is 4.39 Å². The van der Waals surface area contributed by atoms with Crippen molar-refractivity contribution in [3.8, 4) is 5.75 Å². The molecule has 2 aliphatic heterocycles. The van der Waals surface area contributed by atoms with Gasteiger partial charge in [0.1, 0.15) is 5.69 Å². The smallest absolute Gasteiger partial charge is 0.219 e. The molecule has 0 spiro atoms. The molecule has 2 aromatic heterocycles. The first kappa shape index (κ1) is 25.3. The maximum atomic E-state index is 15.9. The third-order valence-corrected chi connectivity index (χ3v) is 8.22. The molecular weight excluding hydrogens is 499 g/mol. The van der Waals surface area contributed by atoms with Gasteiger partial charge in [-0.1, -0.05) is 6.07 Å². The Kier molecular flexibility index (Phi) is 6.45. The Hall–Kier alpha value is -4.01. The number of nitrogens with zero attached hydrogens (tertiary/aromatic N) is 4. The normalized spacial score (nSPS) is 21.0. The second kappa shape index (κ2) is 9.94. The molecule has 1 aliphatic carbocycles. The molecule has 202 valence electrons. The molecule has 8 nitrogen and oxygen atoms in total. The first-order valence-electron chi connectivity index (χ1n) is 13.5. The van der Waals surface area contributed by atoms with Crippen LogP contribution in [0.25, 0.3) is 17.0 Å². The number of carbonyl (C=O) groups is 2. The van der Waals surface area contributed by atoms with Crippen molar-refractivity contribution in [3.63, 3.8) is 0 Å². The quantitative estimate of drug-likeness (QED) is 0.351. The van der Waals surface area contributed by atoms with E-state index in [9.17, 15) is 14.4 Å². The molecular formula is C30H31FN4O4. The summed E-state index contributed by atoms with van der Waals surface area (Å²) in [5.74, 6) is -0.430. The maximum absolute atomic E-state index is 15.9. The number of fused-ring (bicyclic) bond motifs is 2. The Balaban J connectivity index is 1.45. The number of likely N-dealkylation sites (tertiary alicyclic amines) is 1. The largest absolute Gasteiger partial charge is 0.492 e. The zero-order chi connectivity index (χ0) is 27.3. The summed E-state index contributed by atoms with van der Waals surface area (Å²) in [7, 11) is 1.49. The van der Waals surface area contributed by atoms with Gasteiger partial charge in [0.25, 0.3) is 0 Å². The van der Waals surface area contributed by atoms with E-state index in [2.05, 4.69) is 4.98 Å². The standard InChI is InChI=1S/C30H31FN4O4/c1-18(36)34-12-4-6-20-15-33(17-25(20)34)28-24(31)13-22-27(30(28)39-2)35(21-8-9-21)16-23(29(22)38)26(37)10-7-19-5-3-11-32-14-19/h3,5,7,10-11,13-14,16,20-21,25H,4,6,8-9,12,15,17H2,1-2H3. The maximum Gasteiger partial charge on any atom is 0.219 e. The van der Waals surface area contributed by atoms with Crippen LogP contribution in [0.15, 0.2) is 47.7 Å². The lowest BCUT2D eigenvalue weighted by Crippen LogP contribution is -2.47. The van der Waals surface area contributed by atoms with E-state index in [1.54, 1.807) is 37.7 Å². The molecule has 0 bridgehead atoms. The number of benzene rings is 1. The highest BCUT2D eigenvalue weighted by molar-refractivity contribution is 6.08. The summed E-state index contributed by atoms with van der Waals surface area (Å²) in [5.41, 5.74) is 1.03. The number of allylic oxidation sites excluding steroid dienone is 1. The van der Waals surface area contributed by atoms with Crippen LogP contribution in [-0.4, -0.2) is 58.9 Å². The van der Waals surface area contributed by atoms with Gasteiger partial charge in [-0.2, -0.15) is 0 Å². The zero-order valence-corrected chi connectivity index (χ0v) is 22.1. The minimum absolute atomic E-state index is 0.00645. The summed E-state index contributed by atoms with van der Waals surface area (Å²) >= 11 is 0. The van der Waals surface area contributed by atoms with Gasteiger partial charge >= 0.3 is 0 Å². The van der Waals surface area contributed by atoms with Crippen LogP contribution in [0.1, 0.15) is 54.6 Å². The van der Waals surface area contributed by atoms with Crippen LogP contribution < -0.4 is 15.1 Å². The number of aromatic nitrogens is 2. The molecule has 1 saturated carbocycles. The highest BCUT2D eigenvalue weighted by atomic mass is 19.1. The van der Waals surface area contributed by atoms with Crippen LogP contribution in [-0.2, 0) is 4.79 Å². The van der Waals surface area contributed by atoms with Crippen molar-refractivity contribution in [1.82, 2.24) is 14.5 Å². The molecule has 1 amide bonds. The predicted octanol–water partition coefficient (Wildman–Crippen LogP) is 4.22. The number of ketones is 1. The molecule has 39 heavy (non-hydrogen) atoms. The molecule has 2 saturated heterocycles.